The van der Waals surface area contributed by atoms with E-state index in [1.807, 2.05) is 0 Å². The zero-order valence-electron chi connectivity index (χ0n) is 6.72. The molecule has 3 rings (SSSR count). The van der Waals surface area contributed by atoms with E-state index in [0.717, 1.165) is 11.5 Å². The lowest BCUT2D eigenvalue weighted by Crippen LogP contribution is -2.18. The molecule has 12 heavy (non-hydrogen) atoms. The lowest BCUT2D eigenvalue weighted by molar-refractivity contribution is 0.128. The Balaban J connectivity index is 1.98. The second kappa shape index (κ2) is 2.20. The zero-order valence-corrected chi connectivity index (χ0v) is 7.54. The molecule has 4 unspecified atom stereocenters. The van der Waals surface area contributed by atoms with Crippen LogP contribution in [0.25, 0.3) is 0 Å². The van der Waals surface area contributed by atoms with E-state index in [0.29, 0.717) is 23.7 Å². The highest BCUT2D eigenvalue weighted by Crippen LogP contribution is 2.51. The number of aliphatic hydroxyl groups is 1. The van der Waals surface area contributed by atoms with Gasteiger partial charge in [0.2, 0.25) is 0 Å². The highest BCUT2D eigenvalue weighted by molar-refractivity contribution is 7.85. The molecule has 1 saturated carbocycles. The minimum Gasteiger partial charge on any atom is -0.392 e. The first-order valence-electron chi connectivity index (χ1n) is 4.49. The molecular formula is C9H12O2S. The van der Waals surface area contributed by atoms with Crippen LogP contribution in [-0.2, 0) is 10.8 Å². The van der Waals surface area contributed by atoms with E-state index in [1.54, 1.807) is 0 Å². The summed E-state index contributed by atoms with van der Waals surface area (Å²) in [6.45, 7) is 0. The van der Waals surface area contributed by atoms with E-state index < -0.39 is 10.8 Å². The minimum atomic E-state index is -0.599. The molecule has 0 aromatic carbocycles. The minimum absolute atomic E-state index is 0.155. The van der Waals surface area contributed by atoms with Crippen molar-refractivity contribution in [3.8, 4) is 0 Å². The van der Waals surface area contributed by atoms with Crippen LogP contribution in [0.5, 0.6) is 0 Å². The van der Waals surface area contributed by atoms with Crippen LogP contribution in [0.4, 0.5) is 0 Å². The van der Waals surface area contributed by atoms with Crippen molar-refractivity contribution in [2.75, 3.05) is 11.5 Å². The molecule has 2 fully saturated rings. The van der Waals surface area contributed by atoms with Crippen molar-refractivity contribution in [2.45, 2.75) is 6.10 Å². The lowest BCUT2D eigenvalue weighted by atomic mass is 9.86. The maximum atomic E-state index is 11.3. The summed E-state index contributed by atoms with van der Waals surface area (Å²) < 4.78 is 11.3. The van der Waals surface area contributed by atoms with Crippen LogP contribution in [0.2, 0.25) is 0 Å². The van der Waals surface area contributed by atoms with Crippen molar-refractivity contribution in [1.82, 2.24) is 0 Å². The average molecular weight is 184 g/mol. The van der Waals surface area contributed by atoms with Gasteiger partial charge in [0, 0.05) is 34.1 Å². The Labute approximate surface area is 74.1 Å². The molecule has 0 aromatic rings. The van der Waals surface area contributed by atoms with Crippen LogP contribution in [0.15, 0.2) is 12.2 Å². The number of hydrogen-bond acceptors (Lipinski definition) is 2. The summed E-state index contributed by atoms with van der Waals surface area (Å²) in [4.78, 5) is 0. The van der Waals surface area contributed by atoms with Gasteiger partial charge in [0.05, 0.1) is 6.10 Å². The molecule has 1 N–H and O–H groups in total. The van der Waals surface area contributed by atoms with Crippen molar-refractivity contribution >= 4 is 10.8 Å². The zero-order chi connectivity index (χ0) is 8.29. The number of aliphatic hydroxyl groups excluding tert-OH is 1. The molecule has 4 atom stereocenters. The van der Waals surface area contributed by atoms with Gasteiger partial charge in [-0.25, -0.2) is 0 Å². The molecule has 0 radical (unpaired) electrons. The van der Waals surface area contributed by atoms with Crippen LogP contribution in [-0.4, -0.2) is 26.9 Å². The number of hydrogen-bond donors (Lipinski definition) is 1. The SMILES string of the molecule is O=S1CC2C3C=CC(C3O)C2C1. The summed E-state index contributed by atoms with van der Waals surface area (Å²) in [6.07, 6.45) is 4.09. The van der Waals surface area contributed by atoms with Gasteiger partial charge >= 0.3 is 0 Å². The maximum Gasteiger partial charge on any atom is 0.0671 e. The Morgan fingerprint density at radius 1 is 1.17 bits per heavy atom. The van der Waals surface area contributed by atoms with Crippen LogP contribution in [0, 0.1) is 23.7 Å². The van der Waals surface area contributed by atoms with Crippen LogP contribution in [0.3, 0.4) is 0 Å². The van der Waals surface area contributed by atoms with Crippen LogP contribution < -0.4 is 0 Å². The van der Waals surface area contributed by atoms with E-state index >= 15 is 0 Å². The second-order valence-electron chi connectivity index (χ2n) is 4.13. The van der Waals surface area contributed by atoms with E-state index in [9.17, 15) is 9.32 Å². The number of rotatable bonds is 0. The van der Waals surface area contributed by atoms with Gasteiger partial charge in [-0.2, -0.15) is 0 Å². The van der Waals surface area contributed by atoms with Gasteiger partial charge in [0.1, 0.15) is 0 Å². The molecule has 2 bridgehead atoms. The fourth-order valence-corrected chi connectivity index (χ4v) is 5.00. The third kappa shape index (κ3) is 0.715. The summed E-state index contributed by atoms with van der Waals surface area (Å²) >= 11 is 0. The highest BCUT2D eigenvalue weighted by Gasteiger charge is 2.54. The van der Waals surface area contributed by atoms with Crippen molar-refractivity contribution in [2.24, 2.45) is 23.7 Å². The third-order valence-electron chi connectivity index (χ3n) is 3.64. The Morgan fingerprint density at radius 2 is 1.67 bits per heavy atom. The summed E-state index contributed by atoms with van der Waals surface area (Å²) in [6, 6.07) is 0. The molecule has 1 saturated heterocycles. The van der Waals surface area contributed by atoms with Gasteiger partial charge in [-0.05, 0) is 11.8 Å². The van der Waals surface area contributed by atoms with Gasteiger partial charge in [-0.1, -0.05) is 12.2 Å². The van der Waals surface area contributed by atoms with E-state index in [-0.39, 0.29) is 6.10 Å². The molecule has 3 aliphatic rings. The molecule has 0 spiro atoms. The first-order valence-corrected chi connectivity index (χ1v) is 5.97. The molecule has 2 nitrogen and oxygen atoms in total. The molecular weight excluding hydrogens is 172 g/mol. The van der Waals surface area contributed by atoms with Gasteiger partial charge in [0.15, 0.2) is 0 Å². The quantitative estimate of drug-likeness (QED) is 0.544. The Morgan fingerprint density at radius 3 is 2.17 bits per heavy atom. The van der Waals surface area contributed by atoms with Gasteiger partial charge in [-0.15, -0.1) is 0 Å². The summed E-state index contributed by atoms with van der Waals surface area (Å²) in [5.41, 5.74) is 0. The van der Waals surface area contributed by atoms with Crippen LogP contribution >= 0.6 is 0 Å². The first kappa shape index (κ1) is 7.27. The van der Waals surface area contributed by atoms with E-state index in [1.165, 1.54) is 0 Å². The Kier molecular flexibility index (Phi) is 1.34. The lowest BCUT2D eigenvalue weighted by Gasteiger charge is -2.16. The molecule has 66 valence electrons. The van der Waals surface area contributed by atoms with E-state index in [4.69, 9.17) is 0 Å². The maximum absolute atomic E-state index is 11.3. The van der Waals surface area contributed by atoms with Gasteiger partial charge < -0.3 is 5.11 Å². The third-order valence-corrected chi connectivity index (χ3v) is 5.15. The standard InChI is InChI=1S/C9H12O2S/c10-9-5-1-2-6(9)8-4-12(11)3-7(5)8/h1-2,5-10H,3-4H2. The van der Waals surface area contributed by atoms with Crippen LogP contribution in [0.1, 0.15) is 0 Å². The monoisotopic (exact) mass is 184 g/mol. The Bertz CT molecular complexity index is 250. The second-order valence-corrected chi connectivity index (χ2v) is 5.68. The molecule has 2 aliphatic carbocycles. The summed E-state index contributed by atoms with van der Waals surface area (Å²) in [5.74, 6) is 3.35. The van der Waals surface area contributed by atoms with Gasteiger partial charge in [0.25, 0.3) is 0 Å². The fraction of sp³-hybridized carbons (Fsp3) is 0.778. The Hall–Kier alpha value is -0.150. The van der Waals surface area contributed by atoms with Crippen molar-refractivity contribution in [3.63, 3.8) is 0 Å². The smallest absolute Gasteiger partial charge is 0.0671 e. The molecule has 1 heterocycles. The molecule has 3 heteroatoms. The van der Waals surface area contributed by atoms with Crippen molar-refractivity contribution in [3.05, 3.63) is 12.2 Å². The number of fused-ring (bicyclic) bond motifs is 5. The fourth-order valence-electron chi connectivity index (χ4n) is 3.07. The highest BCUT2D eigenvalue weighted by atomic mass is 32.2. The molecule has 0 amide bonds. The normalized spacial score (nSPS) is 61.1. The van der Waals surface area contributed by atoms with Crippen molar-refractivity contribution < 1.29 is 9.32 Å². The first-order chi connectivity index (χ1) is 5.77. The summed E-state index contributed by atoms with van der Waals surface area (Å²) in [5, 5.41) is 9.76. The molecule has 1 aliphatic heterocycles. The van der Waals surface area contributed by atoms with Gasteiger partial charge in [-0.3, -0.25) is 4.21 Å². The predicted molar refractivity (Wildman–Crippen MR) is 47.0 cm³/mol. The average Bonchev–Trinajstić information content (AvgIpc) is 2.60. The topological polar surface area (TPSA) is 37.3 Å². The van der Waals surface area contributed by atoms with E-state index in [2.05, 4.69) is 12.2 Å². The largest absolute Gasteiger partial charge is 0.392 e. The predicted octanol–water partition coefficient (Wildman–Crippen LogP) is 0.158. The van der Waals surface area contributed by atoms with Crippen molar-refractivity contribution in [1.29, 1.82) is 0 Å². The summed E-state index contributed by atoms with van der Waals surface area (Å²) in [7, 11) is -0.599. The molecule has 0 aromatic heterocycles.